The van der Waals surface area contributed by atoms with Crippen LogP contribution in [0.3, 0.4) is 0 Å². The van der Waals surface area contributed by atoms with Crippen LogP contribution >= 0.6 is 11.6 Å². The van der Waals surface area contributed by atoms with Crippen molar-refractivity contribution in [1.82, 2.24) is 0 Å². The Bertz CT molecular complexity index is 419. The van der Waals surface area contributed by atoms with E-state index in [-0.39, 0.29) is 25.7 Å². The van der Waals surface area contributed by atoms with Crippen LogP contribution in [0.25, 0.3) is 0 Å². The van der Waals surface area contributed by atoms with Gasteiger partial charge in [0.25, 0.3) is 0 Å². The van der Waals surface area contributed by atoms with Crippen LogP contribution in [-0.4, -0.2) is 16.9 Å². The second-order valence-corrected chi connectivity index (χ2v) is 5.78. The van der Waals surface area contributed by atoms with Crippen molar-refractivity contribution < 1.29 is 18.3 Å². The molecule has 2 rings (SSSR count). The minimum absolute atomic E-state index is 0.00753. The highest BCUT2D eigenvalue weighted by Crippen LogP contribution is 2.42. The summed E-state index contributed by atoms with van der Waals surface area (Å²) < 4.78 is 37.7. The van der Waals surface area contributed by atoms with Gasteiger partial charge in [0.15, 0.2) is 0 Å². The van der Waals surface area contributed by atoms with Crippen LogP contribution in [-0.2, 0) is 6.42 Å². The van der Waals surface area contributed by atoms with Crippen molar-refractivity contribution in [2.75, 3.05) is 0 Å². The largest absolute Gasteiger partial charge is 0.391 e. The summed E-state index contributed by atoms with van der Waals surface area (Å²) in [5.74, 6) is -1.27. The summed E-state index contributed by atoms with van der Waals surface area (Å²) in [5, 5.41) is 11.0. The second-order valence-electron chi connectivity index (χ2n) is 5.34. The van der Waals surface area contributed by atoms with Crippen molar-refractivity contribution >= 4 is 11.6 Å². The number of halogens is 4. The normalized spacial score (nSPS) is 28.4. The van der Waals surface area contributed by atoms with Crippen molar-refractivity contribution in [1.29, 1.82) is 0 Å². The zero-order valence-electron chi connectivity index (χ0n) is 10.4. The van der Waals surface area contributed by atoms with Gasteiger partial charge in [0, 0.05) is 11.4 Å². The van der Waals surface area contributed by atoms with E-state index in [1.807, 2.05) is 0 Å². The predicted octanol–water partition coefficient (Wildman–Crippen LogP) is 4.37. The lowest BCUT2D eigenvalue weighted by molar-refractivity contribution is -0.192. The van der Waals surface area contributed by atoms with Crippen LogP contribution in [0.5, 0.6) is 0 Å². The molecule has 1 fully saturated rings. The third-order valence-electron chi connectivity index (χ3n) is 3.83. The number of rotatable bonds is 2. The molecular weight excluding hydrogens is 277 g/mol. The molecule has 106 valence electrons. The molecule has 0 unspecified atom stereocenters. The average molecular weight is 293 g/mol. The summed E-state index contributed by atoms with van der Waals surface area (Å²) in [6, 6.07) is 7.05. The highest BCUT2D eigenvalue weighted by Gasteiger charge is 2.45. The molecule has 1 N–H and O–H groups in total. The number of alkyl halides is 3. The molecule has 0 saturated heterocycles. The smallest absolute Gasteiger partial charge is 0.390 e. The standard InChI is InChI=1S/C14H16ClF3O/c15-12-3-1-10(2-4-12)9-13(19)7-5-11(6-8-13)14(16,17)18/h1-4,11,19H,5-9H2. The SMILES string of the molecule is OC1(Cc2ccc(Cl)cc2)CCC(C(F)(F)F)CC1. The molecule has 0 bridgehead atoms. The number of hydrogen-bond acceptors (Lipinski definition) is 1. The zero-order chi connectivity index (χ0) is 14.1. The van der Waals surface area contributed by atoms with Gasteiger partial charge in [-0.05, 0) is 43.4 Å². The van der Waals surface area contributed by atoms with Crippen LogP contribution in [0, 0.1) is 5.92 Å². The molecule has 1 aliphatic rings. The maximum Gasteiger partial charge on any atom is 0.391 e. The molecule has 0 atom stereocenters. The molecule has 1 saturated carbocycles. The van der Waals surface area contributed by atoms with Gasteiger partial charge in [-0.1, -0.05) is 23.7 Å². The van der Waals surface area contributed by atoms with Crippen LogP contribution in [0.1, 0.15) is 31.2 Å². The first-order valence-corrected chi connectivity index (χ1v) is 6.70. The first kappa shape index (κ1) is 14.7. The minimum atomic E-state index is -4.14. The Morgan fingerprint density at radius 2 is 1.68 bits per heavy atom. The monoisotopic (exact) mass is 292 g/mol. The fraction of sp³-hybridized carbons (Fsp3) is 0.571. The van der Waals surface area contributed by atoms with E-state index in [9.17, 15) is 18.3 Å². The summed E-state index contributed by atoms with van der Waals surface area (Å²) in [5.41, 5.74) is -0.118. The molecule has 19 heavy (non-hydrogen) atoms. The molecule has 5 heteroatoms. The molecule has 0 aromatic heterocycles. The first-order chi connectivity index (χ1) is 8.78. The number of aliphatic hydroxyl groups is 1. The van der Waals surface area contributed by atoms with E-state index >= 15 is 0 Å². The van der Waals surface area contributed by atoms with Gasteiger partial charge in [-0.25, -0.2) is 0 Å². The van der Waals surface area contributed by atoms with Gasteiger partial charge in [0.1, 0.15) is 0 Å². The Morgan fingerprint density at radius 1 is 1.16 bits per heavy atom. The Kier molecular flexibility index (Phi) is 4.11. The maximum atomic E-state index is 12.6. The maximum absolute atomic E-state index is 12.6. The van der Waals surface area contributed by atoms with Crippen LogP contribution in [0.15, 0.2) is 24.3 Å². The number of benzene rings is 1. The predicted molar refractivity (Wildman–Crippen MR) is 68.1 cm³/mol. The van der Waals surface area contributed by atoms with Crippen LogP contribution in [0.2, 0.25) is 5.02 Å². The lowest BCUT2D eigenvalue weighted by atomic mass is 9.75. The first-order valence-electron chi connectivity index (χ1n) is 6.32. The van der Waals surface area contributed by atoms with Crippen molar-refractivity contribution in [3.05, 3.63) is 34.9 Å². The van der Waals surface area contributed by atoms with Gasteiger partial charge in [-0.2, -0.15) is 13.2 Å². The third-order valence-corrected chi connectivity index (χ3v) is 4.08. The summed E-state index contributed by atoms with van der Waals surface area (Å²) >= 11 is 5.77. The van der Waals surface area contributed by atoms with Gasteiger partial charge < -0.3 is 5.11 Å². The lowest BCUT2D eigenvalue weighted by Crippen LogP contribution is -2.39. The molecular formula is C14H16ClF3O. The van der Waals surface area contributed by atoms with Crippen molar-refractivity contribution in [3.63, 3.8) is 0 Å². The zero-order valence-corrected chi connectivity index (χ0v) is 11.1. The molecule has 1 aromatic rings. The third kappa shape index (κ3) is 3.86. The Hall–Kier alpha value is -0.740. The summed E-state index contributed by atoms with van der Waals surface area (Å²) in [7, 11) is 0. The number of hydrogen-bond donors (Lipinski definition) is 1. The second kappa shape index (κ2) is 5.33. The van der Waals surface area contributed by atoms with E-state index in [0.717, 1.165) is 5.56 Å². The highest BCUT2D eigenvalue weighted by molar-refractivity contribution is 6.30. The quantitative estimate of drug-likeness (QED) is 0.858. The molecule has 0 radical (unpaired) electrons. The van der Waals surface area contributed by atoms with Gasteiger partial charge >= 0.3 is 6.18 Å². The van der Waals surface area contributed by atoms with Gasteiger partial charge in [-0.3, -0.25) is 0 Å². The van der Waals surface area contributed by atoms with Gasteiger partial charge in [0.05, 0.1) is 11.5 Å². The molecule has 0 heterocycles. The van der Waals surface area contributed by atoms with Crippen molar-refractivity contribution in [3.8, 4) is 0 Å². The van der Waals surface area contributed by atoms with Crippen LogP contribution in [0.4, 0.5) is 13.2 Å². The Morgan fingerprint density at radius 3 is 2.16 bits per heavy atom. The van der Waals surface area contributed by atoms with E-state index < -0.39 is 17.7 Å². The van der Waals surface area contributed by atoms with E-state index in [2.05, 4.69) is 0 Å². The average Bonchev–Trinajstić information content (AvgIpc) is 2.31. The summed E-state index contributed by atoms with van der Waals surface area (Å²) in [6.07, 6.45) is -3.35. The molecule has 1 nitrogen and oxygen atoms in total. The van der Waals surface area contributed by atoms with E-state index in [1.54, 1.807) is 24.3 Å². The molecule has 1 aromatic carbocycles. The lowest BCUT2D eigenvalue weighted by Gasteiger charge is -2.36. The van der Waals surface area contributed by atoms with Gasteiger partial charge in [0.2, 0.25) is 0 Å². The summed E-state index contributed by atoms with van der Waals surface area (Å²) in [6.45, 7) is 0. The topological polar surface area (TPSA) is 20.2 Å². The molecule has 0 aliphatic heterocycles. The molecule has 0 amide bonds. The molecule has 1 aliphatic carbocycles. The molecule has 0 spiro atoms. The highest BCUT2D eigenvalue weighted by atomic mass is 35.5. The van der Waals surface area contributed by atoms with Crippen LogP contribution < -0.4 is 0 Å². The van der Waals surface area contributed by atoms with Gasteiger partial charge in [-0.15, -0.1) is 0 Å². The summed E-state index contributed by atoms with van der Waals surface area (Å²) in [4.78, 5) is 0. The minimum Gasteiger partial charge on any atom is -0.390 e. The van der Waals surface area contributed by atoms with Crippen molar-refractivity contribution in [2.24, 2.45) is 5.92 Å². The van der Waals surface area contributed by atoms with E-state index in [0.29, 0.717) is 11.4 Å². The van der Waals surface area contributed by atoms with Crippen molar-refractivity contribution in [2.45, 2.75) is 43.9 Å². The fourth-order valence-electron chi connectivity index (χ4n) is 2.64. The van der Waals surface area contributed by atoms with E-state index in [4.69, 9.17) is 11.6 Å². The Labute approximate surface area is 115 Å². The fourth-order valence-corrected chi connectivity index (χ4v) is 2.77. The Balaban J connectivity index is 1.96. The van der Waals surface area contributed by atoms with E-state index in [1.165, 1.54) is 0 Å².